The van der Waals surface area contributed by atoms with Crippen LogP contribution in [0.4, 0.5) is 5.69 Å². The van der Waals surface area contributed by atoms with Gasteiger partial charge in [0.2, 0.25) is 0 Å². The molecule has 154 valence electrons. The highest BCUT2D eigenvalue weighted by atomic mass is 16.5. The maximum atomic E-state index is 12.0. The summed E-state index contributed by atoms with van der Waals surface area (Å²) >= 11 is 0. The lowest BCUT2D eigenvalue weighted by molar-refractivity contribution is -0.142. The maximum absolute atomic E-state index is 12.0. The molecule has 0 radical (unpaired) electrons. The molecule has 0 spiro atoms. The van der Waals surface area contributed by atoms with E-state index < -0.39 is 11.9 Å². The van der Waals surface area contributed by atoms with Crippen LogP contribution in [0.15, 0.2) is 36.4 Å². The zero-order chi connectivity index (χ0) is 21.4. The lowest BCUT2D eigenvalue weighted by Gasteiger charge is -2.12. The fraction of sp³-hybridized carbons (Fsp3) is 0.273. The first-order valence-electron chi connectivity index (χ1n) is 8.90. The average Bonchev–Trinajstić information content (AvgIpc) is 2.72. The van der Waals surface area contributed by atoms with Crippen molar-refractivity contribution in [2.24, 2.45) is 0 Å². The fourth-order valence-electron chi connectivity index (χ4n) is 2.54. The molecule has 0 bridgehead atoms. The summed E-state index contributed by atoms with van der Waals surface area (Å²) in [6, 6.07) is 8.90. The predicted molar refractivity (Wildman–Crippen MR) is 111 cm³/mol. The number of carbonyl (C=O) groups excluding carboxylic acids is 2. The first kappa shape index (κ1) is 21.8. The molecule has 2 aromatic rings. The Hall–Kier alpha value is -3.48. The van der Waals surface area contributed by atoms with Crippen LogP contribution >= 0.6 is 0 Å². The summed E-state index contributed by atoms with van der Waals surface area (Å²) in [7, 11) is 4.54. The van der Waals surface area contributed by atoms with Gasteiger partial charge in [0.1, 0.15) is 5.75 Å². The number of hydrogen-bond acceptors (Lipinski definition) is 6. The molecule has 7 nitrogen and oxygen atoms in total. The van der Waals surface area contributed by atoms with Gasteiger partial charge < -0.3 is 24.3 Å². The molecule has 0 saturated carbocycles. The van der Waals surface area contributed by atoms with Crippen LogP contribution in [0.5, 0.6) is 17.2 Å². The smallest absolute Gasteiger partial charge is 0.331 e. The minimum atomic E-state index is -0.655. The van der Waals surface area contributed by atoms with Gasteiger partial charge in [-0.25, -0.2) is 4.79 Å². The Morgan fingerprint density at radius 3 is 2.17 bits per heavy atom. The van der Waals surface area contributed by atoms with E-state index in [1.165, 1.54) is 33.5 Å². The number of carbonyl (C=O) groups is 2. The van der Waals surface area contributed by atoms with E-state index in [9.17, 15) is 9.59 Å². The third kappa shape index (κ3) is 6.00. The van der Waals surface area contributed by atoms with Crippen LogP contribution in [0.1, 0.15) is 16.7 Å². The topological polar surface area (TPSA) is 83.1 Å². The minimum absolute atomic E-state index is 0.390. The molecule has 0 aromatic heterocycles. The highest BCUT2D eigenvalue weighted by Crippen LogP contribution is 2.35. The van der Waals surface area contributed by atoms with Crippen molar-refractivity contribution < 1.29 is 28.5 Å². The highest BCUT2D eigenvalue weighted by Gasteiger charge is 2.11. The normalized spacial score (nSPS) is 10.5. The maximum Gasteiger partial charge on any atom is 0.331 e. The summed E-state index contributed by atoms with van der Waals surface area (Å²) in [4.78, 5) is 23.9. The number of hydrogen-bond donors (Lipinski definition) is 1. The van der Waals surface area contributed by atoms with E-state index in [2.05, 4.69) is 5.32 Å². The lowest BCUT2D eigenvalue weighted by Crippen LogP contribution is -2.20. The summed E-state index contributed by atoms with van der Waals surface area (Å²) in [6.07, 6.45) is 2.73. The van der Waals surface area contributed by atoms with Gasteiger partial charge in [0.25, 0.3) is 5.91 Å². The molecule has 0 heterocycles. The van der Waals surface area contributed by atoms with Crippen molar-refractivity contribution in [2.75, 3.05) is 33.3 Å². The number of methoxy groups -OCH3 is 3. The van der Waals surface area contributed by atoms with Crippen molar-refractivity contribution in [1.82, 2.24) is 0 Å². The second kappa shape index (κ2) is 10.2. The number of nitrogens with one attached hydrogen (secondary N) is 1. The Bertz CT molecular complexity index is 920. The van der Waals surface area contributed by atoms with Gasteiger partial charge in [0.15, 0.2) is 18.1 Å². The van der Waals surface area contributed by atoms with Crippen LogP contribution in [0, 0.1) is 13.8 Å². The summed E-state index contributed by atoms with van der Waals surface area (Å²) in [5.74, 6) is 0.427. The van der Waals surface area contributed by atoms with Gasteiger partial charge in [-0.05, 0) is 49.2 Å². The van der Waals surface area contributed by atoms with Crippen LogP contribution in [0.25, 0.3) is 6.08 Å². The monoisotopic (exact) mass is 399 g/mol. The largest absolute Gasteiger partial charge is 0.496 e. The molecule has 2 rings (SSSR count). The van der Waals surface area contributed by atoms with Gasteiger partial charge in [-0.1, -0.05) is 6.07 Å². The molecule has 0 atom stereocenters. The molecular weight excluding hydrogens is 374 g/mol. The molecule has 7 heteroatoms. The van der Waals surface area contributed by atoms with E-state index >= 15 is 0 Å². The van der Waals surface area contributed by atoms with Gasteiger partial charge in [-0.15, -0.1) is 0 Å². The first-order chi connectivity index (χ1) is 13.9. The van der Waals surface area contributed by atoms with E-state index in [-0.39, 0.29) is 6.61 Å². The molecule has 0 unspecified atom stereocenters. The quantitative estimate of drug-likeness (QED) is 0.540. The molecule has 0 aliphatic carbocycles. The van der Waals surface area contributed by atoms with Gasteiger partial charge in [0.05, 0.1) is 21.3 Å². The van der Waals surface area contributed by atoms with Crippen molar-refractivity contribution in [3.8, 4) is 17.2 Å². The molecule has 2 aromatic carbocycles. The van der Waals surface area contributed by atoms with Gasteiger partial charge >= 0.3 is 5.97 Å². The molecule has 1 N–H and O–H groups in total. The molecule has 0 aliphatic heterocycles. The summed E-state index contributed by atoms with van der Waals surface area (Å²) in [6.45, 7) is 3.56. The van der Waals surface area contributed by atoms with Crippen molar-refractivity contribution >= 4 is 23.6 Å². The van der Waals surface area contributed by atoms with E-state index in [1.54, 1.807) is 18.2 Å². The van der Waals surface area contributed by atoms with Crippen LogP contribution < -0.4 is 19.5 Å². The highest BCUT2D eigenvalue weighted by molar-refractivity contribution is 5.94. The van der Waals surface area contributed by atoms with E-state index in [4.69, 9.17) is 18.9 Å². The van der Waals surface area contributed by atoms with Crippen LogP contribution in [-0.2, 0) is 14.3 Å². The van der Waals surface area contributed by atoms with Crippen molar-refractivity contribution in [3.63, 3.8) is 0 Å². The van der Waals surface area contributed by atoms with Crippen molar-refractivity contribution in [3.05, 3.63) is 53.1 Å². The van der Waals surface area contributed by atoms with Gasteiger partial charge in [-0.2, -0.15) is 0 Å². The Morgan fingerprint density at radius 1 is 0.897 bits per heavy atom. The number of benzene rings is 2. The standard InChI is InChI=1S/C22H25NO6/c1-14-6-8-17(10-15(14)2)23-21(24)13-29-22(25)9-7-16-11-19(27-4)20(28-5)12-18(16)26-3/h6-12H,13H2,1-5H3,(H,23,24)/b9-7+. The van der Waals surface area contributed by atoms with Gasteiger partial charge in [0, 0.05) is 23.4 Å². The number of esters is 1. The molecule has 1 amide bonds. The zero-order valence-corrected chi connectivity index (χ0v) is 17.2. The van der Waals surface area contributed by atoms with Crippen molar-refractivity contribution in [2.45, 2.75) is 13.8 Å². The SMILES string of the molecule is COc1cc(OC)c(OC)cc1/C=C/C(=O)OCC(=O)Nc1ccc(C)c(C)c1. The lowest BCUT2D eigenvalue weighted by atomic mass is 10.1. The summed E-state index contributed by atoms with van der Waals surface area (Å²) < 4.78 is 20.8. The second-order valence-corrected chi connectivity index (χ2v) is 6.24. The summed E-state index contributed by atoms with van der Waals surface area (Å²) in [5.41, 5.74) is 3.44. The third-order valence-corrected chi connectivity index (χ3v) is 4.27. The fourth-order valence-corrected chi connectivity index (χ4v) is 2.54. The number of anilines is 1. The second-order valence-electron chi connectivity index (χ2n) is 6.24. The Kier molecular flexibility index (Phi) is 7.65. The van der Waals surface area contributed by atoms with Gasteiger partial charge in [-0.3, -0.25) is 4.79 Å². The third-order valence-electron chi connectivity index (χ3n) is 4.27. The van der Waals surface area contributed by atoms with E-state index in [0.29, 0.717) is 28.5 Å². The molecular formula is C22H25NO6. The number of amides is 1. The predicted octanol–water partition coefficient (Wildman–Crippen LogP) is 3.52. The van der Waals surface area contributed by atoms with E-state index in [1.807, 2.05) is 26.0 Å². The van der Waals surface area contributed by atoms with Crippen LogP contribution in [-0.4, -0.2) is 39.8 Å². The number of aryl methyl sites for hydroxylation is 2. The van der Waals surface area contributed by atoms with Crippen molar-refractivity contribution in [1.29, 1.82) is 0 Å². The Balaban J connectivity index is 1.97. The van der Waals surface area contributed by atoms with Crippen LogP contribution in [0.2, 0.25) is 0 Å². The number of rotatable bonds is 8. The van der Waals surface area contributed by atoms with E-state index in [0.717, 1.165) is 11.1 Å². The molecule has 0 aliphatic rings. The molecule has 0 fully saturated rings. The summed E-state index contributed by atoms with van der Waals surface area (Å²) in [5, 5.41) is 2.69. The molecule has 0 saturated heterocycles. The Morgan fingerprint density at radius 2 is 1.55 bits per heavy atom. The molecule has 29 heavy (non-hydrogen) atoms. The minimum Gasteiger partial charge on any atom is -0.496 e. The first-order valence-corrected chi connectivity index (χ1v) is 8.90. The Labute approximate surface area is 170 Å². The number of ether oxygens (including phenoxy) is 4. The van der Waals surface area contributed by atoms with Crippen LogP contribution in [0.3, 0.4) is 0 Å². The zero-order valence-electron chi connectivity index (χ0n) is 17.2. The average molecular weight is 399 g/mol.